The lowest BCUT2D eigenvalue weighted by Crippen LogP contribution is -2.33. The first-order valence-electron chi connectivity index (χ1n) is 11.0. The summed E-state index contributed by atoms with van der Waals surface area (Å²) in [7, 11) is 0. The number of benzene rings is 4. The smallest absolute Gasteiger partial charge is 0.123 e. The summed E-state index contributed by atoms with van der Waals surface area (Å²) < 4.78 is 6.21. The van der Waals surface area contributed by atoms with Crippen LogP contribution in [-0.2, 0) is 6.42 Å². The molecule has 0 saturated carbocycles. The van der Waals surface area contributed by atoms with Gasteiger partial charge in [-0.1, -0.05) is 60.7 Å². The third kappa shape index (κ3) is 4.86. The van der Waals surface area contributed by atoms with Crippen LogP contribution >= 0.6 is 0 Å². The number of phenolic OH excluding ortho intramolecular Hbond substituents is 1. The maximum Gasteiger partial charge on any atom is 0.123 e. The van der Waals surface area contributed by atoms with Gasteiger partial charge in [-0.05, 0) is 33.7 Å². The van der Waals surface area contributed by atoms with E-state index in [1.807, 2.05) is 47.4 Å². The molecule has 0 amide bonds. The van der Waals surface area contributed by atoms with Gasteiger partial charge < -0.3 is 20.1 Å². The topological polar surface area (TPSA) is 73.2 Å². The number of fused-ring (bicyclic) bond motifs is 2. The van der Waals surface area contributed by atoms with Gasteiger partial charge in [0.05, 0.1) is 13.2 Å². The summed E-state index contributed by atoms with van der Waals surface area (Å²) in [5.41, 5.74) is 1.91. The van der Waals surface area contributed by atoms with Gasteiger partial charge in [0.25, 0.3) is 0 Å². The molecule has 5 heteroatoms. The Bertz CT molecular complexity index is 1180. The van der Waals surface area contributed by atoms with Crippen molar-refractivity contribution in [1.82, 2.24) is 4.90 Å². The molecule has 0 saturated heterocycles. The van der Waals surface area contributed by atoms with Gasteiger partial charge in [0, 0.05) is 37.2 Å². The predicted molar refractivity (Wildman–Crippen MR) is 128 cm³/mol. The normalized spacial score (nSPS) is 11.5. The molecule has 4 aromatic carbocycles. The van der Waals surface area contributed by atoms with Gasteiger partial charge in [0.2, 0.25) is 0 Å². The number of aliphatic hydroxyl groups excluding tert-OH is 2. The van der Waals surface area contributed by atoms with Crippen molar-refractivity contribution in [2.45, 2.75) is 6.42 Å². The SMILES string of the molecule is OCCN(CCO)CCOc1ccc2ccccc2c1Cc1c(O)ccc2ccccc12. The third-order valence-corrected chi connectivity index (χ3v) is 5.86. The van der Waals surface area contributed by atoms with E-state index in [9.17, 15) is 15.3 Å². The van der Waals surface area contributed by atoms with Gasteiger partial charge in [-0.15, -0.1) is 0 Å². The molecule has 0 spiro atoms. The Hall–Kier alpha value is -3.12. The van der Waals surface area contributed by atoms with Crippen molar-refractivity contribution in [3.63, 3.8) is 0 Å². The molecule has 3 N–H and O–H groups in total. The zero-order chi connectivity index (χ0) is 22.3. The highest BCUT2D eigenvalue weighted by molar-refractivity contribution is 5.91. The van der Waals surface area contributed by atoms with Crippen LogP contribution in [0.4, 0.5) is 0 Å². The molecular formula is C27H29NO4. The standard InChI is InChI=1S/C27H29NO4/c29-16-13-28(14-17-30)15-18-32-27-12-10-21-6-2-4-8-23(21)25(27)19-24-22-7-3-1-5-20(22)9-11-26(24)31/h1-12,29-31H,13-19H2. The van der Waals surface area contributed by atoms with E-state index in [1.165, 1.54) is 0 Å². The summed E-state index contributed by atoms with van der Waals surface area (Å²) in [6.45, 7) is 2.12. The maximum absolute atomic E-state index is 10.7. The van der Waals surface area contributed by atoms with Crippen molar-refractivity contribution in [3.05, 3.63) is 83.9 Å². The molecule has 0 atom stereocenters. The number of aliphatic hydroxyl groups is 2. The number of phenols is 1. The predicted octanol–water partition coefficient (Wildman–Crippen LogP) is 3.95. The van der Waals surface area contributed by atoms with Gasteiger partial charge in [-0.3, -0.25) is 4.90 Å². The zero-order valence-electron chi connectivity index (χ0n) is 18.1. The molecule has 166 valence electrons. The highest BCUT2D eigenvalue weighted by Crippen LogP contribution is 2.35. The van der Waals surface area contributed by atoms with Crippen LogP contribution in [0.3, 0.4) is 0 Å². The minimum atomic E-state index is 0.0432. The van der Waals surface area contributed by atoms with E-state index in [0.29, 0.717) is 32.7 Å². The molecule has 0 radical (unpaired) electrons. The second-order valence-corrected chi connectivity index (χ2v) is 7.86. The van der Waals surface area contributed by atoms with Crippen LogP contribution in [0.5, 0.6) is 11.5 Å². The Labute approximate surface area is 188 Å². The number of nitrogens with zero attached hydrogens (tertiary/aromatic N) is 1. The first-order valence-corrected chi connectivity index (χ1v) is 11.0. The Morgan fingerprint density at radius 3 is 1.91 bits per heavy atom. The maximum atomic E-state index is 10.7. The van der Waals surface area contributed by atoms with E-state index in [2.05, 4.69) is 24.3 Å². The van der Waals surface area contributed by atoms with E-state index in [0.717, 1.165) is 38.4 Å². The van der Waals surface area contributed by atoms with Gasteiger partial charge in [0.15, 0.2) is 0 Å². The molecule has 0 bridgehead atoms. The van der Waals surface area contributed by atoms with Crippen LogP contribution in [0, 0.1) is 0 Å². The fourth-order valence-corrected chi connectivity index (χ4v) is 4.22. The van der Waals surface area contributed by atoms with E-state index in [4.69, 9.17) is 4.74 Å². The van der Waals surface area contributed by atoms with Crippen molar-refractivity contribution in [2.24, 2.45) is 0 Å². The molecule has 32 heavy (non-hydrogen) atoms. The molecule has 4 aromatic rings. The number of hydrogen-bond acceptors (Lipinski definition) is 5. The lowest BCUT2D eigenvalue weighted by Gasteiger charge is -2.21. The monoisotopic (exact) mass is 431 g/mol. The number of aromatic hydroxyl groups is 1. The van der Waals surface area contributed by atoms with Gasteiger partial charge >= 0.3 is 0 Å². The molecular weight excluding hydrogens is 402 g/mol. The fraction of sp³-hybridized carbons (Fsp3) is 0.259. The third-order valence-electron chi connectivity index (χ3n) is 5.86. The lowest BCUT2D eigenvalue weighted by atomic mass is 9.93. The molecule has 0 aliphatic heterocycles. The Balaban J connectivity index is 1.68. The minimum Gasteiger partial charge on any atom is -0.508 e. The van der Waals surface area contributed by atoms with Crippen LogP contribution in [0.25, 0.3) is 21.5 Å². The number of hydrogen-bond donors (Lipinski definition) is 3. The summed E-state index contributed by atoms with van der Waals surface area (Å²) in [5, 5.41) is 33.5. The molecule has 0 aliphatic carbocycles. The highest BCUT2D eigenvalue weighted by atomic mass is 16.5. The highest BCUT2D eigenvalue weighted by Gasteiger charge is 2.15. The first kappa shape index (κ1) is 22.1. The van der Waals surface area contributed by atoms with Crippen molar-refractivity contribution in [1.29, 1.82) is 0 Å². The van der Waals surface area contributed by atoms with Crippen LogP contribution in [-0.4, -0.2) is 59.7 Å². The second kappa shape index (κ2) is 10.5. The number of ether oxygens (including phenoxy) is 1. The first-order chi connectivity index (χ1) is 15.7. The Morgan fingerprint density at radius 2 is 1.25 bits per heavy atom. The molecule has 0 unspecified atom stereocenters. The average Bonchev–Trinajstić information content (AvgIpc) is 2.82. The average molecular weight is 432 g/mol. The largest absolute Gasteiger partial charge is 0.508 e. The lowest BCUT2D eigenvalue weighted by molar-refractivity contribution is 0.141. The second-order valence-electron chi connectivity index (χ2n) is 7.86. The van der Waals surface area contributed by atoms with E-state index in [-0.39, 0.29) is 19.0 Å². The van der Waals surface area contributed by atoms with Gasteiger partial charge in [-0.25, -0.2) is 0 Å². The van der Waals surface area contributed by atoms with E-state index < -0.39 is 0 Å². The molecule has 5 nitrogen and oxygen atoms in total. The molecule has 0 aromatic heterocycles. The minimum absolute atomic E-state index is 0.0432. The van der Waals surface area contributed by atoms with Crippen molar-refractivity contribution in [2.75, 3.05) is 39.5 Å². The summed E-state index contributed by atoms with van der Waals surface area (Å²) in [5.74, 6) is 1.06. The van der Waals surface area contributed by atoms with Crippen LogP contribution < -0.4 is 4.74 Å². The van der Waals surface area contributed by atoms with Gasteiger partial charge in [-0.2, -0.15) is 0 Å². The summed E-state index contributed by atoms with van der Waals surface area (Å²) in [4.78, 5) is 1.97. The summed E-state index contributed by atoms with van der Waals surface area (Å²) in [6.07, 6.45) is 0.543. The van der Waals surface area contributed by atoms with Crippen LogP contribution in [0.1, 0.15) is 11.1 Å². The summed E-state index contributed by atoms with van der Waals surface area (Å²) in [6, 6.07) is 24.0. The molecule has 0 fully saturated rings. The van der Waals surface area contributed by atoms with Crippen molar-refractivity contribution in [3.8, 4) is 11.5 Å². The van der Waals surface area contributed by atoms with E-state index >= 15 is 0 Å². The number of rotatable bonds is 10. The molecule has 0 aliphatic rings. The van der Waals surface area contributed by atoms with E-state index in [1.54, 1.807) is 6.07 Å². The Kier molecular flexibility index (Phi) is 7.22. The van der Waals surface area contributed by atoms with Crippen LogP contribution in [0.15, 0.2) is 72.8 Å². The van der Waals surface area contributed by atoms with Crippen molar-refractivity contribution < 1.29 is 20.1 Å². The quantitative estimate of drug-likeness (QED) is 0.355. The molecule has 4 rings (SSSR count). The van der Waals surface area contributed by atoms with Gasteiger partial charge in [0.1, 0.15) is 18.1 Å². The zero-order valence-corrected chi connectivity index (χ0v) is 18.1. The van der Waals surface area contributed by atoms with Crippen LogP contribution in [0.2, 0.25) is 0 Å². The fourth-order valence-electron chi connectivity index (χ4n) is 4.22. The summed E-state index contributed by atoms with van der Waals surface area (Å²) >= 11 is 0. The molecule has 0 heterocycles. The Morgan fingerprint density at radius 1 is 0.656 bits per heavy atom. The van der Waals surface area contributed by atoms with Crippen molar-refractivity contribution >= 4 is 21.5 Å².